The van der Waals surface area contributed by atoms with Crippen LogP contribution in [-0.2, 0) is 23.6 Å². The average molecular weight is 172 g/mol. The topological polar surface area (TPSA) is 35.2 Å². The predicted molar refractivity (Wildman–Crippen MR) is 17.9 cm³/mol. The van der Waals surface area contributed by atoms with Gasteiger partial charge in [0.1, 0.15) is 0 Å². The molecule has 29 valence electrons. The second-order valence-electron chi connectivity index (χ2n) is 0.402. The molecule has 4 heteroatoms. The zero-order chi connectivity index (χ0) is 4.28. The number of thiocarbonyl (C=S) groups is 1. The molecule has 0 aromatic heterocycles. The summed E-state index contributed by atoms with van der Waals surface area (Å²) in [6.45, 7) is 0. The fourth-order valence-corrected chi connectivity index (χ4v) is 0. The average Bonchev–Trinajstić information content (AvgIpc) is 1.38. The molecule has 0 aromatic carbocycles. The zero-order valence-electron chi connectivity index (χ0n) is 2.30. The van der Waals surface area contributed by atoms with Crippen LogP contribution >= 0.6 is 12.2 Å². The first-order valence-corrected chi connectivity index (χ1v) is 2.09. The monoisotopic (exact) mass is 174 g/mol. The summed E-state index contributed by atoms with van der Waals surface area (Å²) < 4.78 is 4.27. The molecule has 0 fully saturated rings. The van der Waals surface area contributed by atoms with Gasteiger partial charge in [-0.1, -0.05) is 0 Å². The van der Waals surface area contributed by atoms with Gasteiger partial charge in [-0.25, -0.2) is 0 Å². The van der Waals surface area contributed by atoms with Gasteiger partial charge in [-0.15, -0.1) is 0 Å². The minimum absolute atomic E-state index is 0.0924. The van der Waals surface area contributed by atoms with Crippen LogP contribution in [0.3, 0.4) is 0 Å². The molecule has 2 N–H and O–H groups in total. The second-order valence-corrected chi connectivity index (χ2v) is 1.21. The van der Waals surface area contributed by atoms with Crippen molar-refractivity contribution in [1.29, 1.82) is 0 Å². The fourth-order valence-electron chi connectivity index (χ4n) is 0. The SMILES string of the molecule is NC(=S)[O][Mo]. The predicted octanol–water partition coefficient (Wildman–Crippen LogP) is -0.292. The van der Waals surface area contributed by atoms with Gasteiger partial charge in [-0.05, 0) is 0 Å². The van der Waals surface area contributed by atoms with E-state index in [1.165, 1.54) is 20.2 Å². The van der Waals surface area contributed by atoms with Crippen molar-refractivity contribution in [2.24, 2.45) is 5.73 Å². The third-order valence-corrected chi connectivity index (χ3v) is 0.888. The first-order valence-electron chi connectivity index (χ1n) is 0.864. The Morgan fingerprint density at radius 2 is 2.20 bits per heavy atom. The Morgan fingerprint density at radius 3 is 2.20 bits per heavy atom. The Morgan fingerprint density at radius 1 is 2.00 bits per heavy atom. The van der Waals surface area contributed by atoms with Crippen LogP contribution < -0.4 is 5.73 Å². The fraction of sp³-hybridized carbons (Fsp3) is 0. The van der Waals surface area contributed by atoms with Crippen molar-refractivity contribution in [2.45, 2.75) is 0 Å². The first kappa shape index (κ1) is 5.38. The van der Waals surface area contributed by atoms with Crippen LogP contribution in [0.25, 0.3) is 0 Å². The molecular weight excluding hydrogens is 170 g/mol. The molecule has 0 aromatic rings. The summed E-state index contributed by atoms with van der Waals surface area (Å²) in [5, 5.41) is 0.0924. The van der Waals surface area contributed by atoms with Gasteiger partial charge in [-0.3, -0.25) is 0 Å². The molecule has 0 aliphatic rings. The third kappa shape index (κ3) is 4.38. The van der Waals surface area contributed by atoms with E-state index in [0.717, 1.165) is 0 Å². The van der Waals surface area contributed by atoms with Gasteiger partial charge < -0.3 is 0 Å². The molecule has 0 unspecified atom stereocenters. The Hall–Kier alpha value is 0.378. The van der Waals surface area contributed by atoms with Crippen molar-refractivity contribution in [3.63, 3.8) is 0 Å². The van der Waals surface area contributed by atoms with Gasteiger partial charge in [0.05, 0.1) is 0 Å². The number of rotatable bonds is 0. The van der Waals surface area contributed by atoms with Crippen LogP contribution in [0.4, 0.5) is 0 Å². The quantitative estimate of drug-likeness (QED) is 0.402. The van der Waals surface area contributed by atoms with Crippen LogP contribution in [0.5, 0.6) is 0 Å². The van der Waals surface area contributed by atoms with E-state index in [1.54, 1.807) is 0 Å². The van der Waals surface area contributed by atoms with E-state index in [2.05, 4.69) is 15.6 Å². The van der Waals surface area contributed by atoms with Crippen molar-refractivity contribution in [3.8, 4) is 0 Å². The summed E-state index contributed by atoms with van der Waals surface area (Å²) >= 11 is 5.63. The third-order valence-electron chi connectivity index (χ3n) is 0.0821. The molecule has 2 nitrogen and oxygen atoms in total. The molecule has 0 rings (SSSR count). The van der Waals surface area contributed by atoms with Crippen molar-refractivity contribution in [3.05, 3.63) is 0 Å². The van der Waals surface area contributed by atoms with E-state index < -0.39 is 0 Å². The Kier molecular flexibility index (Phi) is 2.80. The van der Waals surface area contributed by atoms with Gasteiger partial charge in [0.15, 0.2) is 0 Å². The van der Waals surface area contributed by atoms with E-state index in [-0.39, 0.29) is 5.17 Å². The van der Waals surface area contributed by atoms with Gasteiger partial charge in [-0.2, -0.15) is 0 Å². The van der Waals surface area contributed by atoms with E-state index in [0.29, 0.717) is 0 Å². The molecule has 0 heterocycles. The van der Waals surface area contributed by atoms with E-state index in [9.17, 15) is 0 Å². The van der Waals surface area contributed by atoms with Crippen molar-refractivity contribution < 1.29 is 23.6 Å². The summed E-state index contributed by atoms with van der Waals surface area (Å²) in [6, 6.07) is 0. The summed E-state index contributed by atoms with van der Waals surface area (Å²) in [5.41, 5.74) is 4.80. The van der Waals surface area contributed by atoms with E-state index in [1.807, 2.05) is 0 Å². The summed E-state index contributed by atoms with van der Waals surface area (Å²) in [6.07, 6.45) is 0. The maximum atomic E-state index is 4.80. The molecule has 0 spiro atoms. The number of hydrogen-bond donors (Lipinski definition) is 1. The van der Waals surface area contributed by atoms with Crippen LogP contribution in [0.1, 0.15) is 0 Å². The molecule has 0 radical (unpaired) electrons. The normalized spacial score (nSPS) is 6.40. The molecule has 0 aliphatic heterocycles. The van der Waals surface area contributed by atoms with E-state index in [4.69, 9.17) is 5.73 Å². The Bertz CT molecular complexity index is 46.9. The summed E-state index contributed by atoms with van der Waals surface area (Å²) in [4.78, 5) is 0. The molecule has 0 bridgehead atoms. The first-order chi connectivity index (χ1) is 2.27. The number of nitrogens with two attached hydrogens (primary N) is 1. The van der Waals surface area contributed by atoms with Crippen LogP contribution in [0.15, 0.2) is 0 Å². The molecule has 0 amide bonds. The molecule has 0 atom stereocenters. The maximum absolute atomic E-state index is 4.80. The standard InChI is InChI=1S/CH3NOS.Mo/c2-1(3)4;/h(H3,2,3,4);/q;+1/p-1. The van der Waals surface area contributed by atoms with Crippen LogP contribution in [0, 0.1) is 0 Å². The van der Waals surface area contributed by atoms with Gasteiger partial charge >= 0.3 is 46.7 Å². The van der Waals surface area contributed by atoms with E-state index >= 15 is 0 Å². The Labute approximate surface area is 47.0 Å². The molecular formula is CH2MoNOS. The minimum atomic E-state index is 0.0924. The van der Waals surface area contributed by atoms with Gasteiger partial charge in [0.25, 0.3) is 0 Å². The molecule has 5 heavy (non-hydrogen) atoms. The Balaban J connectivity index is 2.85. The summed E-state index contributed by atoms with van der Waals surface area (Å²) in [7, 11) is 0. The van der Waals surface area contributed by atoms with Crippen LogP contribution in [0.2, 0.25) is 0 Å². The van der Waals surface area contributed by atoms with Crippen molar-refractivity contribution >= 4 is 17.4 Å². The van der Waals surface area contributed by atoms with Gasteiger partial charge in [0.2, 0.25) is 0 Å². The molecule has 0 saturated heterocycles. The molecule has 0 aliphatic carbocycles. The van der Waals surface area contributed by atoms with Gasteiger partial charge in [0, 0.05) is 0 Å². The van der Waals surface area contributed by atoms with Crippen molar-refractivity contribution in [2.75, 3.05) is 0 Å². The van der Waals surface area contributed by atoms with Crippen molar-refractivity contribution in [1.82, 2.24) is 0 Å². The second kappa shape index (κ2) is 2.61. The molecule has 0 saturated carbocycles. The van der Waals surface area contributed by atoms with Crippen LogP contribution in [-0.4, -0.2) is 5.17 Å². The number of hydrogen-bond acceptors (Lipinski definition) is 2. The zero-order valence-corrected chi connectivity index (χ0v) is 5.13. The summed E-state index contributed by atoms with van der Waals surface area (Å²) in [5.74, 6) is 0.